The van der Waals surface area contributed by atoms with Crippen LogP contribution in [-0.2, 0) is 0 Å². The quantitative estimate of drug-likeness (QED) is 0.580. The Balaban J connectivity index is 2.45. The van der Waals surface area contributed by atoms with E-state index in [9.17, 15) is 0 Å². The fraction of sp³-hybridized carbons (Fsp3) is 0.300. The van der Waals surface area contributed by atoms with Crippen LogP contribution in [0.15, 0.2) is 24.3 Å². The van der Waals surface area contributed by atoms with Crippen molar-refractivity contribution in [2.24, 2.45) is 0 Å². The van der Waals surface area contributed by atoms with Crippen molar-refractivity contribution in [2.45, 2.75) is 12.3 Å². The summed E-state index contributed by atoms with van der Waals surface area (Å²) in [6, 6.07) is 10.0. The van der Waals surface area contributed by atoms with Gasteiger partial charge in [-0.3, -0.25) is 0 Å². The molecule has 0 bridgehead atoms. The number of nitriles is 1. The lowest BCUT2D eigenvalue weighted by molar-refractivity contribution is 0.280. The van der Waals surface area contributed by atoms with Gasteiger partial charge in [0.15, 0.2) is 0 Å². The molecule has 0 unspecified atom stereocenters. The second-order valence-corrected chi connectivity index (χ2v) is 2.86. The lowest BCUT2D eigenvalue weighted by Gasteiger charge is -2.20. The predicted molar refractivity (Wildman–Crippen MR) is 44.9 cm³/mol. The molecule has 1 heterocycles. The van der Waals surface area contributed by atoms with Gasteiger partial charge >= 0.3 is 0 Å². The zero-order chi connectivity index (χ0) is 8.39. The van der Waals surface area contributed by atoms with E-state index in [0.717, 1.165) is 17.7 Å². The zero-order valence-corrected chi connectivity index (χ0v) is 6.66. The SMILES string of the molecule is N#C[C@H]1CCOc2ccccc21. The van der Waals surface area contributed by atoms with Gasteiger partial charge in [-0.15, -0.1) is 0 Å². The van der Waals surface area contributed by atoms with Crippen molar-refractivity contribution in [3.05, 3.63) is 29.8 Å². The van der Waals surface area contributed by atoms with Gasteiger partial charge in [0.2, 0.25) is 0 Å². The van der Waals surface area contributed by atoms with E-state index in [0.29, 0.717) is 6.61 Å². The molecule has 1 aromatic rings. The number of benzene rings is 1. The van der Waals surface area contributed by atoms with Gasteiger partial charge in [0.1, 0.15) is 5.75 Å². The molecule has 1 aliphatic heterocycles. The molecule has 0 aromatic heterocycles. The molecule has 2 rings (SSSR count). The van der Waals surface area contributed by atoms with Crippen molar-refractivity contribution < 1.29 is 4.74 Å². The highest BCUT2D eigenvalue weighted by atomic mass is 16.5. The van der Waals surface area contributed by atoms with Crippen molar-refractivity contribution in [3.8, 4) is 11.8 Å². The van der Waals surface area contributed by atoms with Gasteiger partial charge in [0.05, 0.1) is 18.6 Å². The van der Waals surface area contributed by atoms with Gasteiger partial charge in [-0.05, 0) is 6.07 Å². The van der Waals surface area contributed by atoms with E-state index in [4.69, 9.17) is 10.00 Å². The minimum Gasteiger partial charge on any atom is -0.493 e. The molecular formula is C10H9NO. The molecule has 2 heteroatoms. The number of hydrogen-bond donors (Lipinski definition) is 0. The predicted octanol–water partition coefficient (Wildman–Crippen LogP) is 2.08. The average Bonchev–Trinajstić information content (AvgIpc) is 2.17. The second-order valence-electron chi connectivity index (χ2n) is 2.86. The highest BCUT2D eigenvalue weighted by molar-refractivity contribution is 5.40. The lowest BCUT2D eigenvalue weighted by atomic mass is 9.95. The number of para-hydroxylation sites is 1. The van der Waals surface area contributed by atoms with E-state index >= 15 is 0 Å². The molecule has 0 saturated heterocycles. The molecule has 1 aromatic carbocycles. The Hall–Kier alpha value is -1.49. The maximum atomic E-state index is 8.83. The molecule has 2 nitrogen and oxygen atoms in total. The van der Waals surface area contributed by atoms with Gasteiger partial charge < -0.3 is 4.74 Å². The van der Waals surface area contributed by atoms with E-state index in [-0.39, 0.29) is 5.92 Å². The first-order chi connectivity index (χ1) is 5.92. The first-order valence-electron chi connectivity index (χ1n) is 4.03. The van der Waals surface area contributed by atoms with Gasteiger partial charge in [-0.1, -0.05) is 18.2 Å². The highest BCUT2D eigenvalue weighted by Crippen LogP contribution is 2.32. The molecule has 0 spiro atoms. The number of nitrogens with zero attached hydrogens (tertiary/aromatic N) is 1. The van der Waals surface area contributed by atoms with Crippen molar-refractivity contribution in [2.75, 3.05) is 6.61 Å². The summed E-state index contributed by atoms with van der Waals surface area (Å²) in [6.45, 7) is 0.662. The third-order valence-corrected chi connectivity index (χ3v) is 2.11. The Morgan fingerprint density at radius 2 is 2.25 bits per heavy atom. The summed E-state index contributed by atoms with van der Waals surface area (Å²) in [7, 11) is 0. The van der Waals surface area contributed by atoms with Crippen LogP contribution in [-0.4, -0.2) is 6.61 Å². The van der Waals surface area contributed by atoms with Crippen LogP contribution < -0.4 is 4.74 Å². The average molecular weight is 159 g/mol. The molecule has 12 heavy (non-hydrogen) atoms. The van der Waals surface area contributed by atoms with Crippen molar-refractivity contribution in [1.82, 2.24) is 0 Å². The Bertz CT molecular complexity index is 327. The summed E-state index contributed by atoms with van der Waals surface area (Å²) in [5, 5.41) is 8.83. The normalized spacial score (nSPS) is 20.4. The number of rotatable bonds is 0. The first kappa shape index (κ1) is 7.17. The summed E-state index contributed by atoms with van der Waals surface area (Å²) in [6.07, 6.45) is 0.813. The summed E-state index contributed by atoms with van der Waals surface area (Å²) in [4.78, 5) is 0. The fourth-order valence-corrected chi connectivity index (χ4v) is 1.48. The standard InChI is InChI=1S/C10H9NO/c11-7-8-5-6-12-10-4-2-1-3-9(8)10/h1-4,8H,5-6H2/t8-/m1/s1. The Morgan fingerprint density at radius 3 is 3.08 bits per heavy atom. The smallest absolute Gasteiger partial charge is 0.123 e. The first-order valence-corrected chi connectivity index (χ1v) is 4.03. The van der Waals surface area contributed by atoms with Crippen LogP contribution in [0.4, 0.5) is 0 Å². The van der Waals surface area contributed by atoms with Crippen LogP contribution in [0.3, 0.4) is 0 Å². The summed E-state index contributed by atoms with van der Waals surface area (Å²) < 4.78 is 5.40. The van der Waals surface area contributed by atoms with Crippen LogP contribution in [0.2, 0.25) is 0 Å². The van der Waals surface area contributed by atoms with Crippen molar-refractivity contribution in [3.63, 3.8) is 0 Å². The summed E-state index contributed by atoms with van der Waals surface area (Å²) in [5.41, 5.74) is 1.03. The molecular weight excluding hydrogens is 150 g/mol. The monoisotopic (exact) mass is 159 g/mol. The number of fused-ring (bicyclic) bond motifs is 1. The number of ether oxygens (including phenoxy) is 1. The van der Waals surface area contributed by atoms with Crippen LogP contribution >= 0.6 is 0 Å². The third kappa shape index (κ3) is 1.04. The molecule has 0 N–H and O–H groups in total. The largest absolute Gasteiger partial charge is 0.493 e. The Morgan fingerprint density at radius 1 is 1.42 bits per heavy atom. The molecule has 1 atom stereocenters. The molecule has 0 amide bonds. The molecule has 0 radical (unpaired) electrons. The molecule has 1 aliphatic rings. The van der Waals surface area contributed by atoms with E-state index in [1.165, 1.54) is 0 Å². The third-order valence-electron chi connectivity index (χ3n) is 2.11. The van der Waals surface area contributed by atoms with Crippen LogP contribution in [0.25, 0.3) is 0 Å². The maximum absolute atomic E-state index is 8.83. The van der Waals surface area contributed by atoms with Crippen LogP contribution in [0.1, 0.15) is 17.9 Å². The van der Waals surface area contributed by atoms with Crippen molar-refractivity contribution >= 4 is 0 Å². The minimum atomic E-state index is 0.0231. The van der Waals surface area contributed by atoms with Crippen LogP contribution in [0, 0.1) is 11.3 Å². The van der Waals surface area contributed by atoms with Gasteiger partial charge in [0.25, 0.3) is 0 Å². The fourth-order valence-electron chi connectivity index (χ4n) is 1.48. The zero-order valence-electron chi connectivity index (χ0n) is 6.66. The molecule has 0 aliphatic carbocycles. The summed E-state index contributed by atoms with van der Waals surface area (Å²) in [5.74, 6) is 0.894. The lowest BCUT2D eigenvalue weighted by Crippen LogP contribution is -2.12. The molecule has 0 saturated carbocycles. The van der Waals surface area contributed by atoms with E-state index in [1.807, 2.05) is 24.3 Å². The van der Waals surface area contributed by atoms with Gasteiger partial charge in [-0.2, -0.15) is 5.26 Å². The van der Waals surface area contributed by atoms with E-state index in [2.05, 4.69) is 6.07 Å². The maximum Gasteiger partial charge on any atom is 0.123 e. The molecule has 60 valence electrons. The van der Waals surface area contributed by atoms with Gasteiger partial charge in [-0.25, -0.2) is 0 Å². The van der Waals surface area contributed by atoms with E-state index < -0.39 is 0 Å². The summed E-state index contributed by atoms with van der Waals surface area (Å²) >= 11 is 0. The van der Waals surface area contributed by atoms with Crippen LogP contribution in [0.5, 0.6) is 5.75 Å². The van der Waals surface area contributed by atoms with E-state index in [1.54, 1.807) is 0 Å². The minimum absolute atomic E-state index is 0.0231. The van der Waals surface area contributed by atoms with Crippen molar-refractivity contribution in [1.29, 1.82) is 5.26 Å². The Labute approximate surface area is 71.4 Å². The van der Waals surface area contributed by atoms with Gasteiger partial charge in [0, 0.05) is 12.0 Å². The number of hydrogen-bond acceptors (Lipinski definition) is 2. The molecule has 0 fully saturated rings. The second kappa shape index (κ2) is 2.86. The Kier molecular flexibility index (Phi) is 1.71. The topological polar surface area (TPSA) is 33.0 Å². The highest BCUT2D eigenvalue weighted by Gasteiger charge is 2.19.